The van der Waals surface area contributed by atoms with Crippen molar-refractivity contribution in [3.63, 3.8) is 0 Å². The van der Waals surface area contributed by atoms with Crippen LogP contribution in [0, 0.1) is 0 Å². The normalized spacial score (nSPS) is 11.9. The highest BCUT2D eigenvalue weighted by Crippen LogP contribution is 2.39. The summed E-state index contributed by atoms with van der Waals surface area (Å²) in [6.45, 7) is 0. The molecule has 0 aliphatic heterocycles. The van der Waals surface area contributed by atoms with Gasteiger partial charge in [0.15, 0.2) is 0 Å². The molecule has 0 unspecified atom stereocenters. The van der Waals surface area contributed by atoms with Gasteiger partial charge in [-0.1, -0.05) is 133 Å². The van der Waals surface area contributed by atoms with E-state index in [1.54, 1.807) is 0 Å². The fraction of sp³-hybridized carbons (Fsp3) is 0. The molecule has 66 heavy (non-hydrogen) atoms. The van der Waals surface area contributed by atoms with Gasteiger partial charge in [-0.05, 0) is 131 Å². The maximum Gasteiger partial charge on any atom is 0.0542 e. The van der Waals surface area contributed by atoms with Gasteiger partial charge in [0.1, 0.15) is 0 Å². The van der Waals surface area contributed by atoms with E-state index in [1.807, 2.05) is 0 Å². The van der Waals surface area contributed by atoms with E-state index in [0.717, 1.165) is 60.9 Å². The largest absolute Gasteiger partial charge is 0.310 e. The lowest BCUT2D eigenvalue weighted by Gasteiger charge is -2.15. The average Bonchev–Trinajstić information content (AvgIpc) is 3.88. The van der Waals surface area contributed by atoms with Crippen LogP contribution in [0.1, 0.15) is 0 Å². The van der Waals surface area contributed by atoms with Crippen LogP contribution in [0.4, 0.5) is 0 Å². The van der Waals surface area contributed by atoms with E-state index >= 15 is 0 Å². The predicted octanol–water partition coefficient (Wildman–Crippen LogP) is 16.4. The van der Waals surface area contributed by atoms with Crippen LogP contribution in [-0.2, 0) is 0 Å². The second-order valence-electron chi connectivity index (χ2n) is 17.4. The lowest BCUT2D eigenvalue weighted by atomic mass is 10.1. The van der Waals surface area contributed by atoms with Gasteiger partial charge in [-0.15, -0.1) is 0 Å². The number of para-hydroxylation sites is 2. The van der Waals surface area contributed by atoms with Crippen molar-refractivity contribution in [3.8, 4) is 22.7 Å². The third kappa shape index (κ3) is 5.52. The summed E-state index contributed by atoms with van der Waals surface area (Å²) >= 11 is 0. The minimum atomic E-state index is 1.09. The highest BCUT2D eigenvalue weighted by molar-refractivity contribution is 6.13. The summed E-state index contributed by atoms with van der Waals surface area (Å²) in [5, 5.41) is 12.0. The zero-order chi connectivity index (χ0) is 43.3. The van der Waals surface area contributed by atoms with E-state index < -0.39 is 0 Å². The Hall–Kier alpha value is -8.86. The summed E-state index contributed by atoms with van der Waals surface area (Å²) in [4.78, 5) is 0. The molecule has 4 heteroatoms. The van der Waals surface area contributed by atoms with Crippen molar-refractivity contribution in [2.24, 2.45) is 0 Å². The van der Waals surface area contributed by atoms with Crippen molar-refractivity contribution in [2.45, 2.75) is 0 Å². The summed E-state index contributed by atoms with van der Waals surface area (Å²) in [5.74, 6) is 0. The zero-order valence-corrected chi connectivity index (χ0v) is 35.9. The van der Waals surface area contributed by atoms with Crippen molar-refractivity contribution in [1.29, 1.82) is 0 Å². The number of aromatic nitrogens is 4. The predicted molar refractivity (Wildman–Crippen MR) is 279 cm³/mol. The Bertz CT molecular complexity index is 4340. The summed E-state index contributed by atoms with van der Waals surface area (Å²) in [6.07, 6.45) is 0. The van der Waals surface area contributed by atoms with Crippen molar-refractivity contribution < 1.29 is 0 Å². The summed E-state index contributed by atoms with van der Waals surface area (Å²) in [6, 6.07) is 89.4. The van der Waals surface area contributed by atoms with E-state index in [-0.39, 0.29) is 0 Å². The molecule has 0 aliphatic rings. The molecule has 4 nitrogen and oxygen atoms in total. The minimum Gasteiger partial charge on any atom is -0.310 e. The third-order valence-corrected chi connectivity index (χ3v) is 13.7. The Morgan fingerprint density at radius 1 is 0.197 bits per heavy atom. The van der Waals surface area contributed by atoms with Crippen LogP contribution in [0.3, 0.4) is 0 Å². The number of hydrogen-bond acceptors (Lipinski definition) is 0. The smallest absolute Gasteiger partial charge is 0.0542 e. The quantitative estimate of drug-likeness (QED) is 0.168. The van der Waals surface area contributed by atoms with Gasteiger partial charge in [-0.3, -0.25) is 0 Å². The molecule has 0 saturated carbocycles. The van der Waals surface area contributed by atoms with Crippen LogP contribution in [0.2, 0.25) is 0 Å². The highest BCUT2D eigenvalue weighted by atomic mass is 15.0. The lowest BCUT2D eigenvalue weighted by molar-refractivity contribution is 1.15. The monoisotopic (exact) mass is 840 g/mol. The Morgan fingerprint density at radius 3 is 1.30 bits per heavy atom. The lowest BCUT2D eigenvalue weighted by Crippen LogP contribution is -1.99. The molecule has 0 aliphatic carbocycles. The first kappa shape index (κ1) is 36.6. The standard InChI is InChI=1S/C62H40N4/c1-2-20-45(21-3-1)65-60-33-30-49-39-55(60)56-40-50(32-34-61(56)65)64(57-28-12-16-41-14-4-6-24-51(41)57)47-23-11-19-44(37-47)43-18-10-22-46(36-43)63(49)48-31-35-62-54(38-48)53-26-8-9-27-59(53)66(62)58-29-13-17-42-15-5-7-25-52(42)58/h1-40H. The molecule has 14 aromatic rings. The van der Waals surface area contributed by atoms with Gasteiger partial charge >= 0.3 is 0 Å². The van der Waals surface area contributed by atoms with Crippen LogP contribution >= 0.6 is 0 Å². The van der Waals surface area contributed by atoms with E-state index in [0.29, 0.717) is 0 Å². The van der Waals surface area contributed by atoms with Gasteiger partial charge in [0.05, 0.1) is 33.4 Å². The minimum absolute atomic E-state index is 1.09. The second-order valence-corrected chi connectivity index (χ2v) is 17.4. The van der Waals surface area contributed by atoms with E-state index in [2.05, 4.69) is 261 Å². The second kappa shape index (κ2) is 14.3. The fourth-order valence-corrected chi connectivity index (χ4v) is 10.8. The number of rotatable bonds is 4. The Morgan fingerprint density at radius 2 is 0.636 bits per heavy atom. The average molecular weight is 841 g/mol. The first-order valence-corrected chi connectivity index (χ1v) is 22.7. The summed E-state index contributed by atoms with van der Waals surface area (Å²) in [5.41, 5.74) is 13.6. The van der Waals surface area contributed by atoms with Crippen molar-refractivity contribution in [1.82, 2.24) is 18.3 Å². The molecule has 8 bridgehead atoms. The maximum atomic E-state index is 2.44. The molecule has 0 spiro atoms. The van der Waals surface area contributed by atoms with Crippen LogP contribution in [0.5, 0.6) is 0 Å². The molecule has 11 aromatic carbocycles. The number of nitrogens with zero attached hydrogens (tertiary/aromatic N) is 4. The maximum absolute atomic E-state index is 2.44. The van der Waals surface area contributed by atoms with Gasteiger partial charge in [-0.25, -0.2) is 0 Å². The van der Waals surface area contributed by atoms with Crippen molar-refractivity contribution >= 4 is 98.0 Å². The van der Waals surface area contributed by atoms with Crippen molar-refractivity contribution in [3.05, 3.63) is 243 Å². The molecular formula is C62H40N4. The topological polar surface area (TPSA) is 19.7 Å². The van der Waals surface area contributed by atoms with Gasteiger partial charge < -0.3 is 18.3 Å². The molecule has 0 N–H and O–H groups in total. The first-order chi connectivity index (χ1) is 32.7. The SMILES string of the molecule is c1ccc(-n2c3ccc4cc3c3cc(ccc32)n(-c2cccc3ccccc23)c2cccc(c2)c2cccc(c2)n4-c2ccc3c(c2)c2ccccc2n3-c2cccc3ccccc23)cc1. The molecule has 3 aromatic heterocycles. The number of hydrogen-bond donors (Lipinski definition) is 0. The highest BCUT2D eigenvalue weighted by Gasteiger charge is 2.18. The third-order valence-electron chi connectivity index (χ3n) is 13.7. The van der Waals surface area contributed by atoms with Crippen LogP contribution in [-0.4, -0.2) is 18.3 Å². The van der Waals surface area contributed by atoms with E-state index in [4.69, 9.17) is 0 Å². The molecule has 0 fully saturated rings. The van der Waals surface area contributed by atoms with Gasteiger partial charge in [0.2, 0.25) is 0 Å². The van der Waals surface area contributed by atoms with Crippen LogP contribution in [0.25, 0.3) is 121 Å². The molecule has 14 rings (SSSR count). The number of fused-ring (bicyclic) bond motifs is 12. The van der Waals surface area contributed by atoms with Gasteiger partial charge in [0.25, 0.3) is 0 Å². The Kier molecular flexibility index (Phi) is 7.95. The molecule has 3 heterocycles. The molecule has 0 atom stereocenters. The Labute approximate surface area is 380 Å². The van der Waals surface area contributed by atoms with Crippen molar-refractivity contribution in [2.75, 3.05) is 0 Å². The number of benzene rings is 11. The van der Waals surface area contributed by atoms with Crippen LogP contribution < -0.4 is 0 Å². The first-order valence-electron chi connectivity index (χ1n) is 22.7. The molecule has 0 amide bonds. The molecule has 308 valence electrons. The fourth-order valence-electron chi connectivity index (χ4n) is 10.8. The van der Waals surface area contributed by atoms with Crippen LogP contribution in [0.15, 0.2) is 243 Å². The summed E-state index contributed by atoms with van der Waals surface area (Å²) < 4.78 is 9.74. The zero-order valence-electron chi connectivity index (χ0n) is 35.9. The molecular weight excluding hydrogens is 801 g/mol. The van der Waals surface area contributed by atoms with Gasteiger partial charge in [0, 0.05) is 65.8 Å². The van der Waals surface area contributed by atoms with E-state index in [9.17, 15) is 0 Å². The molecule has 0 radical (unpaired) electrons. The van der Waals surface area contributed by atoms with E-state index in [1.165, 1.54) is 59.8 Å². The summed E-state index contributed by atoms with van der Waals surface area (Å²) in [7, 11) is 0. The molecule has 0 saturated heterocycles. The van der Waals surface area contributed by atoms with Gasteiger partial charge in [-0.2, -0.15) is 0 Å². The Balaban J connectivity index is 1.13.